The summed E-state index contributed by atoms with van der Waals surface area (Å²) in [7, 11) is 1.27. The van der Waals surface area contributed by atoms with Crippen molar-refractivity contribution >= 4 is 17.7 Å². The molecule has 0 bridgehead atoms. The van der Waals surface area contributed by atoms with Crippen molar-refractivity contribution in [1.29, 1.82) is 0 Å². The summed E-state index contributed by atoms with van der Waals surface area (Å²) in [6, 6.07) is -0.728. The van der Waals surface area contributed by atoms with Gasteiger partial charge in [0.1, 0.15) is 12.6 Å². The molecule has 0 heterocycles. The number of amides is 1. The van der Waals surface area contributed by atoms with Gasteiger partial charge in [0.15, 0.2) is 11.4 Å². The summed E-state index contributed by atoms with van der Waals surface area (Å²) in [4.78, 5) is 35.3. The van der Waals surface area contributed by atoms with Crippen LogP contribution in [0.1, 0.15) is 13.8 Å². The number of ketones is 1. The monoisotopic (exact) mass is 293 g/mol. The first-order valence-corrected chi connectivity index (χ1v) is 6.84. The number of nitrogens with one attached hydrogen (secondary N) is 1. The number of methoxy groups -OCH3 is 1. The van der Waals surface area contributed by atoms with E-state index in [1.807, 2.05) is 6.08 Å². The van der Waals surface area contributed by atoms with Crippen LogP contribution in [0.3, 0.4) is 0 Å². The highest BCUT2D eigenvalue weighted by Gasteiger charge is 2.50. The average Bonchev–Trinajstić information content (AvgIpc) is 2.63. The predicted molar refractivity (Wildman–Crippen MR) is 74.2 cm³/mol. The third-order valence-corrected chi connectivity index (χ3v) is 3.77. The molecule has 0 aromatic heterocycles. The fraction of sp³-hybridized carbons (Fsp3) is 0.533. The van der Waals surface area contributed by atoms with Gasteiger partial charge in [-0.05, 0) is 18.1 Å². The molecule has 0 saturated carbocycles. The lowest BCUT2D eigenvalue weighted by Gasteiger charge is -2.36. The lowest BCUT2D eigenvalue weighted by atomic mass is 9.79. The van der Waals surface area contributed by atoms with Gasteiger partial charge in [-0.1, -0.05) is 26.0 Å². The van der Waals surface area contributed by atoms with E-state index < -0.39 is 23.5 Å². The smallest absolute Gasteiger partial charge is 0.328 e. The molecule has 114 valence electrons. The van der Waals surface area contributed by atoms with E-state index in [0.717, 1.165) is 0 Å². The number of rotatable bonds is 6. The van der Waals surface area contributed by atoms with Crippen LogP contribution >= 0.6 is 0 Å². The Morgan fingerprint density at radius 2 is 2.10 bits per heavy atom. The summed E-state index contributed by atoms with van der Waals surface area (Å²) < 4.78 is 10.1. The minimum atomic E-state index is -1.02. The summed E-state index contributed by atoms with van der Waals surface area (Å²) in [6.07, 6.45) is 6.73. The third-order valence-electron chi connectivity index (χ3n) is 3.77. The summed E-state index contributed by atoms with van der Waals surface area (Å²) in [5.41, 5.74) is -1.02. The van der Waals surface area contributed by atoms with E-state index in [1.54, 1.807) is 26.0 Å². The molecule has 1 N–H and O–H groups in total. The molecule has 0 aliphatic heterocycles. The minimum absolute atomic E-state index is 0.0979. The topological polar surface area (TPSA) is 81.7 Å². The van der Waals surface area contributed by atoms with Gasteiger partial charge in [0.25, 0.3) is 0 Å². The number of hydrogen-bond donors (Lipinski definition) is 1. The molecule has 3 atom stereocenters. The molecule has 0 radical (unpaired) electrons. The second-order valence-corrected chi connectivity index (χ2v) is 5.50. The Labute approximate surface area is 123 Å². The lowest BCUT2D eigenvalue weighted by molar-refractivity contribution is -0.150. The van der Waals surface area contributed by atoms with Gasteiger partial charge in [0, 0.05) is 5.92 Å². The Morgan fingerprint density at radius 3 is 2.57 bits per heavy atom. The van der Waals surface area contributed by atoms with Crippen LogP contribution in [0.15, 0.2) is 24.3 Å². The van der Waals surface area contributed by atoms with Crippen LogP contribution in [0.5, 0.6) is 0 Å². The van der Waals surface area contributed by atoms with Crippen molar-refractivity contribution in [3.05, 3.63) is 24.3 Å². The van der Waals surface area contributed by atoms with Crippen molar-refractivity contribution in [2.45, 2.75) is 25.5 Å². The average molecular weight is 293 g/mol. The maximum absolute atomic E-state index is 11.9. The standard InChI is InChI=1S/C15H19NO5/c1-9(2)13(14(19)20-3)16-12(18)8-21-15-7-6-10(15)4-5-11(15)17/h4-7,9-10,13H,8H2,1-3H3,(H,16,18)/t10?,13-,15?/m0/s1. The summed E-state index contributed by atoms with van der Waals surface area (Å²) in [5.74, 6) is -1.31. The van der Waals surface area contributed by atoms with E-state index in [0.29, 0.717) is 0 Å². The Balaban J connectivity index is 1.89. The molecule has 21 heavy (non-hydrogen) atoms. The van der Waals surface area contributed by atoms with Crippen LogP contribution in [-0.4, -0.2) is 43.0 Å². The van der Waals surface area contributed by atoms with Gasteiger partial charge in [0.05, 0.1) is 7.11 Å². The van der Waals surface area contributed by atoms with E-state index in [1.165, 1.54) is 13.2 Å². The molecule has 2 unspecified atom stereocenters. The molecule has 1 amide bonds. The van der Waals surface area contributed by atoms with Crippen molar-refractivity contribution in [3.8, 4) is 0 Å². The fourth-order valence-electron chi connectivity index (χ4n) is 2.40. The molecule has 0 spiro atoms. The summed E-state index contributed by atoms with van der Waals surface area (Å²) >= 11 is 0. The zero-order valence-corrected chi connectivity index (χ0v) is 12.3. The summed E-state index contributed by atoms with van der Waals surface area (Å²) in [5, 5.41) is 2.57. The molecule has 2 aliphatic carbocycles. The van der Waals surface area contributed by atoms with Crippen LogP contribution < -0.4 is 5.32 Å². The molecule has 2 rings (SSSR count). The molecular weight excluding hydrogens is 274 g/mol. The van der Waals surface area contributed by atoms with Crippen molar-refractivity contribution in [1.82, 2.24) is 5.32 Å². The van der Waals surface area contributed by atoms with Crippen LogP contribution in [0, 0.1) is 11.8 Å². The number of carbonyl (C=O) groups excluding carboxylic acids is 3. The van der Waals surface area contributed by atoms with Crippen LogP contribution in [0.4, 0.5) is 0 Å². The van der Waals surface area contributed by atoms with Crippen molar-refractivity contribution in [2.24, 2.45) is 11.8 Å². The fourth-order valence-corrected chi connectivity index (χ4v) is 2.40. The van der Waals surface area contributed by atoms with Crippen LogP contribution in [-0.2, 0) is 23.9 Å². The second-order valence-electron chi connectivity index (χ2n) is 5.50. The Kier molecular flexibility index (Phi) is 4.27. The summed E-state index contributed by atoms with van der Waals surface area (Å²) in [6.45, 7) is 3.32. The number of hydrogen-bond acceptors (Lipinski definition) is 5. The van der Waals surface area contributed by atoms with E-state index in [-0.39, 0.29) is 24.2 Å². The van der Waals surface area contributed by atoms with Crippen LogP contribution in [0.2, 0.25) is 0 Å². The second kappa shape index (κ2) is 5.81. The Morgan fingerprint density at radius 1 is 1.38 bits per heavy atom. The molecule has 0 aromatic carbocycles. The van der Waals surface area contributed by atoms with E-state index in [9.17, 15) is 14.4 Å². The van der Waals surface area contributed by atoms with Crippen molar-refractivity contribution in [3.63, 3.8) is 0 Å². The number of fused-ring (bicyclic) bond motifs is 1. The van der Waals surface area contributed by atoms with Gasteiger partial charge in [-0.15, -0.1) is 0 Å². The zero-order chi connectivity index (χ0) is 15.6. The minimum Gasteiger partial charge on any atom is -0.467 e. The van der Waals surface area contributed by atoms with Gasteiger partial charge in [-0.3, -0.25) is 9.59 Å². The molecule has 6 nitrogen and oxygen atoms in total. The normalized spacial score (nSPS) is 27.2. The molecule has 0 aromatic rings. The molecular formula is C15H19NO5. The number of carbonyl (C=O) groups is 3. The SMILES string of the molecule is COC(=O)[C@@H](NC(=O)COC12C=CC1C=CC2=O)C(C)C. The van der Waals surface area contributed by atoms with Gasteiger partial charge < -0.3 is 14.8 Å². The van der Waals surface area contributed by atoms with Crippen molar-refractivity contribution < 1.29 is 23.9 Å². The van der Waals surface area contributed by atoms with E-state index in [4.69, 9.17) is 4.74 Å². The van der Waals surface area contributed by atoms with Crippen molar-refractivity contribution in [2.75, 3.05) is 13.7 Å². The quantitative estimate of drug-likeness (QED) is 0.565. The molecule has 2 aliphatic rings. The number of esters is 1. The first kappa shape index (κ1) is 15.4. The van der Waals surface area contributed by atoms with Gasteiger partial charge in [-0.2, -0.15) is 0 Å². The van der Waals surface area contributed by atoms with Gasteiger partial charge in [-0.25, -0.2) is 4.79 Å². The maximum atomic E-state index is 11.9. The highest BCUT2D eigenvalue weighted by atomic mass is 16.5. The Bertz CT molecular complexity index is 522. The zero-order valence-electron chi connectivity index (χ0n) is 12.3. The first-order chi connectivity index (χ1) is 9.90. The maximum Gasteiger partial charge on any atom is 0.328 e. The highest BCUT2D eigenvalue weighted by molar-refractivity contribution is 6.04. The third kappa shape index (κ3) is 2.76. The van der Waals surface area contributed by atoms with E-state index >= 15 is 0 Å². The molecule has 6 heteroatoms. The first-order valence-electron chi connectivity index (χ1n) is 6.84. The predicted octanol–water partition coefficient (Wildman–Crippen LogP) is 0.380. The van der Waals surface area contributed by atoms with Gasteiger partial charge >= 0.3 is 5.97 Å². The van der Waals surface area contributed by atoms with E-state index in [2.05, 4.69) is 10.1 Å². The largest absolute Gasteiger partial charge is 0.467 e. The molecule has 0 saturated heterocycles. The molecule has 0 fully saturated rings. The van der Waals surface area contributed by atoms with Gasteiger partial charge in [0.2, 0.25) is 5.91 Å². The number of ether oxygens (including phenoxy) is 2. The lowest BCUT2D eigenvalue weighted by Crippen LogP contribution is -2.51. The highest BCUT2D eigenvalue weighted by Crippen LogP contribution is 2.40. The van der Waals surface area contributed by atoms with Crippen LogP contribution in [0.25, 0.3) is 0 Å². The Hall–Kier alpha value is -1.95.